The zero-order chi connectivity index (χ0) is 15.3. The van der Waals surface area contributed by atoms with Crippen molar-refractivity contribution in [1.82, 2.24) is 10.2 Å². The van der Waals surface area contributed by atoms with Crippen molar-refractivity contribution in [3.8, 4) is 5.75 Å². The number of ether oxygens (including phenoxy) is 1. The Kier molecular flexibility index (Phi) is 3.54. The minimum Gasteiger partial charge on any atom is -0.489 e. The molecule has 0 aliphatic carbocycles. The van der Waals surface area contributed by atoms with Crippen LogP contribution < -0.4 is 10.1 Å². The predicted octanol–water partition coefficient (Wildman–Crippen LogP) is 2.49. The Bertz CT molecular complexity index is 611. The zero-order valence-corrected chi connectivity index (χ0v) is 13.5. The van der Waals surface area contributed by atoms with E-state index in [1.54, 1.807) is 6.07 Å². The highest BCUT2D eigenvalue weighted by molar-refractivity contribution is 6.31. The van der Waals surface area contributed by atoms with Gasteiger partial charge in [-0.1, -0.05) is 11.6 Å². The van der Waals surface area contributed by atoms with Crippen LogP contribution in [-0.2, 0) is 6.42 Å². The molecule has 0 saturated carbocycles. The molecule has 1 aromatic rings. The van der Waals surface area contributed by atoms with Gasteiger partial charge in [-0.2, -0.15) is 0 Å². The Morgan fingerprint density at radius 1 is 1.36 bits per heavy atom. The van der Waals surface area contributed by atoms with Crippen molar-refractivity contribution >= 4 is 17.5 Å². The van der Waals surface area contributed by atoms with Crippen LogP contribution in [-0.4, -0.2) is 42.6 Å². The number of carbonyl (C=O) groups is 1. The standard InChI is InChI=1S/C17H21ClN2O2/c1-10-6-12-7-13(18)8-14(16(12)22-10)17(21)19-15-9-20-4-2-11(15)3-5-20/h7-8,10-11,15H,2-6,9H2,1H3,(H,19,21)/t10-,15+/m0/s1. The Morgan fingerprint density at radius 3 is 2.82 bits per heavy atom. The normalized spacial score (nSPS) is 32.5. The van der Waals surface area contributed by atoms with Crippen LogP contribution in [0.5, 0.6) is 5.75 Å². The Morgan fingerprint density at radius 2 is 2.14 bits per heavy atom. The predicted molar refractivity (Wildman–Crippen MR) is 85.7 cm³/mol. The number of carbonyl (C=O) groups excluding carboxylic acids is 1. The Balaban J connectivity index is 1.56. The van der Waals surface area contributed by atoms with Crippen LogP contribution in [0.2, 0.25) is 5.02 Å². The fraction of sp³-hybridized carbons (Fsp3) is 0.588. The van der Waals surface area contributed by atoms with Gasteiger partial charge in [0.05, 0.1) is 5.56 Å². The van der Waals surface area contributed by atoms with Gasteiger partial charge in [0.1, 0.15) is 11.9 Å². The number of nitrogens with zero attached hydrogens (tertiary/aromatic N) is 1. The van der Waals surface area contributed by atoms with Gasteiger partial charge in [-0.3, -0.25) is 4.79 Å². The minimum atomic E-state index is -0.0494. The largest absolute Gasteiger partial charge is 0.489 e. The first-order chi connectivity index (χ1) is 10.6. The SMILES string of the molecule is C[C@H]1Cc2cc(Cl)cc(C(=O)N[C@@H]3CN4CCC3CC4)c2O1. The molecule has 4 nitrogen and oxygen atoms in total. The van der Waals surface area contributed by atoms with Gasteiger partial charge in [0.15, 0.2) is 0 Å². The van der Waals surface area contributed by atoms with Gasteiger partial charge in [0, 0.05) is 29.6 Å². The van der Waals surface area contributed by atoms with Gasteiger partial charge in [-0.05, 0) is 50.9 Å². The fourth-order valence-corrected chi connectivity index (χ4v) is 4.28. The highest BCUT2D eigenvalue weighted by atomic mass is 35.5. The van der Waals surface area contributed by atoms with Crippen molar-refractivity contribution in [2.45, 2.75) is 38.3 Å². The lowest BCUT2D eigenvalue weighted by molar-refractivity contribution is 0.0618. The van der Waals surface area contributed by atoms with Crippen LogP contribution in [0, 0.1) is 5.92 Å². The molecule has 1 amide bonds. The summed E-state index contributed by atoms with van der Waals surface area (Å²) in [5, 5.41) is 3.83. The molecule has 2 bridgehead atoms. The summed E-state index contributed by atoms with van der Waals surface area (Å²) >= 11 is 6.18. The average Bonchev–Trinajstić information content (AvgIpc) is 2.87. The molecular weight excluding hydrogens is 300 g/mol. The van der Waals surface area contributed by atoms with Gasteiger partial charge < -0.3 is 15.0 Å². The van der Waals surface area contributed by atoms with Gasteiger partial charge in [0.2, 0.25) is 0 Å². The number of halogens is 1. The van der Waals surface area contributed by atoms with E-state index in [1.807, 2.05) is 13.0 Å². The Hall–Kier alpha value is -1.26. The number of rotatable bonds is 2. The first-order valence-corrected chi connectivity index (χ1v) is 8.50. The van der Waals surface area contributed by atoms with Crippen molar-refractivity contribution in [2.75, 3.05) is 19.6 Å². The summed E-state index contributed by atoms with van der Waals surface area (Å²) < 4.78 is 5.84. The van der Waals surface area contributed by atoms with Gasteiger partial charge in [-0.15, -0.1) is 0 Å². The van der Waals surface area contributed by atoms with Crippen molar-refractivity contribution in [1.29, 1.82) is 0 Å². The fourth-order valence-electron chi connectivity index (χ4n) is 4.04. The molecule has 1 N–H and O–H groups in total. The van der Waals surface area contributed by atoms with Crippen LogP contribution in [0.4, 0.5) is 0 Å². The van der Waals surface area contributed by atoms with Crippen LogP contribution in [0.1, 0.15) is 35.7 Å². The molecule has 4 aliphatic heterocycles. The maximum atomic E-state index is 12.7. The quantitative estimate of drug-likeness (QED) is 0.910. The number of hydrogen-bond acceptors (Lipinski definition) is 3. The second kappa shape index (κ2) is 5.43. The minimum absolute atomic E-state index is 0.0494. The lowest BCUT2D eigenvalue weighted by atomic mass is 9.84. The monoisotopic (exact) mass is 320 g/mol. The van der Waals surface area contributed by atoms with Gasteiger partial charge in [-0.25, -0.2) is 0 Å². The van der Waals surface area contributed by atoms with Crippen molar-refractivity contribution in [3.63, 3.8) is 0 Å². The van der Waals surface area contributed by atoms with E-state index in [0.717, 1.165) is 24.3 Å². The third-order valence-electron chi connectivity index (χ3n) is 5.17. The number of benzene rings is 1. The summed E-state index contributed by atoms with van der Waals surface area (Å²) in [5.41, 5.74) is 1.63. The molecule has 5 heteroatoms. The summed E-state index contributed by atoms with van der Waals surface area (Å²) in [5.74, 6) is 1.28. The van der Waals surface area contributed by atoms with E-state index in [2.05, 4.69) is 10.2 Å². The first kappa shape index (κ1) is 14.3. The van der Waals surface area contributed by atoms with E-state index in [-0.39, 0.29) is 18.1 Å². The topological polar surface area (TPSA) is 41.6 Å². The molecule has 4 heterocycles. The van der Waals surface area contributed by atoms with Gasteiger partial charge in [0.25, 0.3) is 5.91 Å². The highest BCUT2D eigenvalue weighted by Crippen LogP contribution is 2.36. The average molecular weight is 321 g/mol. The maximum absolute atomic E-state index is 12.7. The van der Waals surface area contributed by atoms with E-state index in [4.69, 9.17) is 16.3 Å². The van der Waals surface area contributed by atoms with Crippen LogP contribution in [0.25, 0.3) is 0 Å². The van der Waals surface area contributed by atoms with E-state index >= 15 is 0 Å². The molecule has 0 spiro atoms. The molecule has 0 unspecified atom stereocenters. The number of hydrogen-bond donors (Lipinski definition) is 1. The smallest absolute Gasteiger partial charge is 0.255 e. The number of nitrogens with one attached hydrogen (secondary N) is 1. The lowest BCUT2D eigenvalue weighted by Crippen LogP contribution is -2.57. The van der Waals surface area contributed by atoms with Crippen LogP contribution >= 0.6 is 11.6 Å². The van der Waals surface area contributed by atoms with E-state index < -0.39 is 0 Å². The molecule has 4 aliphatic rings. The summed E-state index contributed by atoms with van der Waals surface area (Å²) in [6, 6.07) is 3.89. The molecule has 0 aromatic heterocycles. The van der Waals surface area contributed by atoms with E-state index in [1.165, 1.54) is 25.9 Å². The maximum Gasteiger partial charge on any atom is 0.255 e. The molecule has 5 rings (SSSR count). The summed E-state index contributed by atoms with van der Waals surface area (Å²) in [6.45, 7) is 5.33. The van der Waals surface area contributed by atoms with Crippen molar-refractivity contribution < 1.29 is 9.53 Å². The summed E-state index contributed by atoms with van der Waals surface area (Å²) in [7, 11) is 0. The Labute approximate surface area is 135 Å². The number of amides is 1. The van der Waals surface area contributed by atoms with Crippen LogP contribution in [0.15, 0.2) is 12.1 Å². The van der Waals surface area contributed by atoms with E-state index in [0.29, 0.717) is 16.5 Å². The van der Waals surface area contributed by atoms with E-state index in [9.17, 15) is 4.79 Å². The molecule has 118 valence electrons. The summed E-state index contributed by atoms with van der Waals surface area (Å²) in [4.78, 5) is 15.2. The second-order valence-electron chi connectivity index (χ2n) is 6.79. The molecular formula is C17H21ClN2O2. The number of piperidine rings is 3. The highest BCUT2D eigenvalue weighted by Gasteiger charge is 2.36. The van der Waals surface area contributed by atoms with Crippen molar-refractivity contribution in [3.05, 3.63) is 28.3 Å². The second-order valence-corrected chi connectivity index (χ2v) is 7.23. The molecule has 3 saturated heterocycles. The molecule has 0 radical (unpaired) electrons. The third-order valence-corrected chi connectivity index (χ3v) is 5.39. The molecule has 1 aromatic carbocycles. The van der Waals surface area contributed by atoms with Gasteiger partial charge >= 0.3 is 0 Å². The molecule has 3 fully saturated rings. The van der Waals surface area contributed by atoms with Crippen molar-refractivity contribution in [2.24, 2.45) is 5.92 Å². The molecule has 2 atom stereocenters. The zero-order valence-electron chi connectivity index (χ0n) is 12.8. The summed E-state index contributed by atoms with van der Waals surface area (Å²) in [6.07, 6.45) is 3.30. The first-order valence-electron chi connectivity index (χ1n) is 8.12. The molecule has 22 heavy (non-hydrogen) atoms. The van der Waals surface area contributed by atoms with Crippen LogP contribution in [0.3, 0.4) is 0 Å². The third kappa shape index (κ3) is 2.48. The number of fused-ring (bicyclic) bond motifs is 4. The lowest BCUT2D eigenvalue weighted by Gasteiger charge is -2.44.